The Labute approximate surface area is 186 Å². The molecule has 0 aliphatic carbocycles. The number of carbonyl (C=O) groups excluding carboxylic acids is 2. The van der Waals surface area contributed by atoms with E-state index in [4.69, 9.17) is 0 Å². The van der Waals surface area contributed by atoms with Crippen molar-refractivity contribution < 1.29 is 18.0 Å². The lowest BCUT2D eigenvalue weighted by Gasteiger charge is -2.18. The number of hydrogen-bond donors (Lipinski definition) is 1. The van der Waals surface area contributed by atoms with Gasteiger partial charge in [-0.2, -0.15) is 0 Å². The SMILES string of the molecule is CC(C)c1ccc(-n2cnnc2SCC(=O)N(C)CC(=O)N[C@@H]2CCS(=O)(=O)C2)cc1. The van der Waals surface area contributed by atoms with Gasteiger partial charge in [-0.25, -0.2) is 8.42 Å². The van der Waals surface area contributed by atoms with Crippen LogP contribution in [-0.4, -0.2) is 76.8 Å². The summed E-state index contributed by atoms with van der Waals surface area (Å²) in [5.74, 6) is -0.0123. The molecule has 2 amide bonds. The molecule has 168 valence electrons. The van der Waals surface area contributed by atoms with Crippen LogP contribution in [0, 0.1) is 0 Å². The predicted octanol–water partition coefficient (Wildman–Crippen LogP) is 1.24. The Morgan fingerprint density at radius 3 is 2.61 bits per heavy atom. The molecular weight excluding hydrogens is 438 g/mol. The lowest BCUT2D eigenvalue weighted by molar-refractivity contribution is -0.132. The lowest BCUT2D eigenvalue weighted by Crippen LogP contribution is -2.43. The molecule has 2 aromatic rings. The summed E-state index contributed by atoms with van der Waals surface area (Å²) < 4.78 is 24.8. The minimum Gasteiger partial charge on any atom is -0.351 e. The van der Waals surface area contributed by atoms with Gasteiger partial charge in [0, 0.05) is 18.8 Å². The average molecular weight is 466 g/mol. The second kappa shape index (κ2) is 9.82. The number of benzene rings is 1. The Hall–Kier alpha value is -2.40. The summed E-state index contributed by atoms with van der Waals surface area (Å²) in [6, 6.07) is 7.72. The zero-order chi connectivity index (χ0) is 22.6. The number of hydrogen-bond acceptors (Lipinski definition) is 7. The van der Waals surface area contributed by atoms with E-state index in [-0.39, 0.29) is 41.7 Å². The molecule has 0 saturated carbocycles. The molecule has 0 bridgehead atoms. The third kappa shape index (κ3) is 6.30. The van der Waals surface area contributed by atoms with E-state index in [2.05, 4.69) is 41.5 Å². The van der Waals surface area contributed by atoms with Gasteiger partial charge >= 0.3 is 0 Å². The van der Waals surface area contributed by atoms with Crippen molar-refractivity contribution in [1.29, 1.82) is 0 Å². The molecule has 11 heteroatoms. The molecule has 1 saturated heterocycles. The fourth-order valence-corrected chi connectivity index (χ4v) is 5.78. The topological polar surface area (TPSA) is 114 Å². The van der Waals surface area contributed by atoms with E-state index in [1.165, 1.54) is 22.2 Å². The van der Waals surface area contributed by atoms with Crippen molar-refractivity contribution >= 4 is 33.4 Å². The van der Waals surface area contributed by atoms with Gasteiger partial charge < -0.3 is 10.2 Å². The molecule has 2 heterocycles. The van der Waals surface area contributed by atoms with Gasteiger partial charge in [-0.1, -0.05) is 37.7 Å². The standard InChI is InChI=1S/C20H27N5O4S2/c1-14(2)15-4-6-17(7-5-15)25-13-21-23-20(25)30-11-19(27)24(3)10-18(26)22-16-8-9-31(28,29)12-16/h4-7,13-14,16H,8-12H2,1-3H3,(H,22,26)/t16-/m1/s1. The summed E-state index contributed by atoms with van der Waals surface area (Å²) in [6.45, 7) is 4.14. The summed E-state index contributed by atoms with van der Waals surface area (Å²) in [6.07, 6.45) is 2.01. The smallest absolute Gasteiger partial charge is 0.239 e. The van der Waals surface area contributed by atoms with Crippen LogP contribution in [0.25, 0.3) is 5.69 Å². The second-order valence-corrected chi connectivity index (χ2v) is 11.1. The maximum absolute atomic E-state index is 12.5. The second-order valence-electron chi connectivity index (χ2n) is 7.94. The molecule has 1 aliphatic heterocycles. The van der Waals surface area contributed by atoms with Crippen LogP contribution in [0.5, 0.6) is 0 Å². The molecule has 1 atom stereocenters. The van der Waals surface area contributed by atoms with E-state index in [1.807, 2.05) is 16.7 Å². The van der Waals surface area contributed by atoms with Gasteiger partial charge in [0.15, 0.2) is 15.0 Å². The van der Waals surface area contributed by atoms with Gasteiger partial charge in [-0.3, -0.25) is 14.2 Å². The van der Waals surface area contributed by atoms with Crippen LogP contribution in [0.3, 0.4) is 0 Å². The van der Waals surface area contributed by atoms with Crippen LogP contribution < -0.4 is 5.32 Å². The largest absolute Gasteiger partial charge is 0.351 e. The maximum atomic E-state index is 12.5. The van der Waals surface area contributed by atoms with Crippen LogP contribution in [0.15, 0.2) is 35.7 Å². The number of sulfone groups is 1. The number of amides is 2. The molecule has 0 radical (unpaired) electrons. The molecule has 1 fully saturated rings. The van der Waals surface area contributed by atoms with E-state index in [1.54, 1.807) is 13.4 Å². The Balaban J connectivity index is 1.51. The van der Waals surface area contributed by atoms with E-state index in [0.29, 0.717) is 17.5 Å². The fraction of sp³-hybridized carbons (Fsp3) is 0.500. The van der Waals surface area contributed by atoms with Crippen LogP contribution >= 0.6 is 11.8 Å². The summed E-state index contributed by atoms with van der Waals surface area (Å²) in [5, 5.41) is 11.3. The molecule has 1 aliphatic rings. The van der Waals surface area contributed by atoms with Crippen LogP contribution in [0.1, 0.15) is 31.7 Å². The van der Waals surface area contributed by atoms with Crippen molar-refractivity contribution in [3.8, 4) is 5.69 Å². The molecule has 9 nitrogen and oxygen atoms in total. The first-order valence-corrected chi connectivity index (χ1v) is 12.8. The molecule has 3 rings (SSSR count). The quantitative estimate of drug-likeness (QED) is 0.584. The monoisotopic (exact) mass is 465 g/mol. The highest BCUT2D eigenvalue weighted by Gasteiger charge is 2.29. The average Bonchev–Trinajstić information content (AvgIpc) is 3.31. The lowest BCUT2D eigenvalue weighted by atomic mass is 10.0. The van der Waals surface area contributed by atoms with E-state index in [0.717, 1.165) is 5.69 Å². The van der Waals surface area contributed by atoms with Crippen molar-refractivity contribution in [2.24, 2.45) is 0 Å². The summed E-state index contributed by atoms with van der Waals surface area (Å²) >= 11 is 1.24. The molecule has 1 aromatic heterocycles. The fourth-order valence-electron chi connectivity index (χ4n) is 3.24. The zero-order valence-corrected chi connectivity index (χ0v) is 19.4. The van der Waals surface area contributed by atoms with Gasteiger partial charge in [-0.05, 0) is 30.0 Å². The highest BCUT2D eigenvalue weighted by molar-refractivity contribution is 7.99. The number of nitrogens with zero attached hydrogens (tertiary/aromatic N) is 4. The van der Waals surface area contributed by atoms with Gasteiger partial charge in [-0.15, -0.1) is 10.2 Å². The number of rotatable bonds is 8. The Morgan fingerprint density at radius 2 is 2.00 bits per heavy atom. The highest BCUT2D eigenvalue weighted by atomic mass is 32.2. The molecule has 1 aromatic carbocycles. The molecular formula is C20H27N5O4S2. The Kier molecular flexibility index (Phi) is 7.37. The number of thioether (sulfide) groups is 1. The van der Waals surface area contributed by atoms with Crippen molar-refractivity contribution in [3.05, 3.63) is 36.2 Å². The Morgan fingerprint density at radius 1 is 1.29 bits per heavy atom. The van der Waals surface area contributed by atoms with Gasteiger partial charge in [0.2, 0.25) is 11.8 Å². The van der Waals surface area contributed by atoms with Crippen molar-refractivity contribution in [3.63, 3.8) is 0 Å². The first kappa shape index (κ1) is 23.3. The number of carbonyl (C=O) groups is 2. The predicted molar refractivity (Wildman–Crippen MR) is 119 cm³/mol. The molecule has 1 N–H and O–H groups in total. The number of nitrogens with one attached hydrogen (secondary N) is 1. The van der Waals surface area contributed by atoms with Crippen LogP contribution in [-0.2, 0) is 19.4 Å². The number of aromatic nitrogens is 3. The van der Waals surface area contributed by atoms with Gasteiger partial charge in [0.25, 0.3) is 0 Å². The summed E-state index contributed by atoms with van der Waals surface area (Å²) in [4.78, 5) is 25.9. The first-order chi connectivity index (χ1) is 14.6. The maximum Gasteiger partial charge on any atom is 0.239 e. The van der Waals surface area contributed by atoms with Crippen molar-refractivity contribution in [2.45, 2.75) is 37.4 Å². The molecule has 0 unspecified atom stereocenters. The molecule has 31 heavy (non-hydrogen) atoms. The minimum atomic E-state index is -3.07. The van der Waals surface area contributed by atoms with Crippen molar-refractivity contribution in [1.82, 2.24) is 25.0 Å². The first-order valence-electron chi connectivity index (χ1n) is 10.0. The van der Waals surface area contributed by atoms with Crippen molar-refractivity contribution in [2.75, 3.05) is 30.9 Å². The highest BCUT2D eigenvalue weighted by Crippen LogP contribution is 2.22. The van der Waals surface area contributed by atoms with Crippen LogP contribution in [0.2, 0.25) is 0 Å². The Bertz CT molecular complexity index is 1030. The zero-order valence-electron chi connectivity index (χ0n) is 17.8. The number of likely N-dealkylation sites (N-methyl/N-ethyl adjacent to an activating group) is 1. The third-order valence-corrected chi connectivity index (χ3v) is 7.78. The molecule has 0 spiro atoms. The van der Waals surface area contributed by atoms with E-state index < -0.39 is 9.84 Å². The van der Waals surface area contributed by atoms with E-state index >= 15 is 0 Å². The van der Waals surface area contributed by atoms with Gasteiger partial charge in [0.05, 0.1) is 23.8 Å². The normalized spacial score (nSPS) is 17.6. The summed E-state index contributed by atoms with van der Waals surface area (Å²) in [7, 11) is -1.52. The third-order valence-electron chi connectivity index (χ3n) is 5.08. The van der Waals surface area contributed by atoms with Crippen LogP contribution in [0.4, 0.5) is 0 Å². The van der Waals surface area contributed by atoms with E-state index in [9.17, 15) is 18.0 Å². The minimum absolute atomic E-state index is 0.0416. The van der Waals surface area contributed by atoms with Gasteiger partial charge in [0.1, 0.15) is 6.33 Å². The summed E-state index contributed by atoms with van der Waals surface area (Å²) in [5.41, 5.74) is 2.14.